The maximum absolute atomic E-state index is 14.1. The third-order valence-corrected chi connectivity index (χ3v) is 18.3. The van der Waals surface area contributed by atoms with Crippen LogP contribution in [0.15, 0.2) is 121 Å². The zero-order valence-corrected chi connectivity index (χ0v) is 49.4. The smallest absolute Gasteiger partial charge is 0.308 e. The van der Waals surface area contributed by atoms with Crippen LogP contribution in [0.1, 0.15) is 160 Å². The second-order valence-corrected chi connectivity index (χ2v) is 23.9. The maximum atomic E-state index is 14.1. The lowest BCUT2D eigenvalue weighted by molar-refractivity contribution is -0.186. The van der Waals surface area contributed by atoms with Crippen molar-refractivity contribution in [3.8, 4) is 34.5 Å². The Morgan fingerprint density at radius 1 is 0.453 bits per heavy atom. The minimum atomic E-state index is -0.356. The molecule has 3 saturated carbocycles. The summed E-state index contributed by atoms with van der Waals surface area (Å²) >= 11 is 0. The summed E-state index contributed by atoms with van der Waals surface area (Å²) in [6.45, 7) is 6.89. The molecule has 2 spiro atoms. The molecule has 86 heavy (non-hydrogen) atoms. The minimum Gasteiger partial charge on any atom is -0.490 e. The van der Waals surface area contributed by atoms with Crippen LogP contribution in [-0.2, 0) is 47.7 Å². The van der Waals surface area contributed by atoms with Crippen LogP contribution in [0.4, 0.5) is 13.2 Å². The van der Waals surface area contributed by atoms with E-state index >= 15 is 0 Å². The number of benzene rings is 6. The molecule has 3 aliphatic carbocycles. The van der Waals surface area contributed by atoms with Crippen molar-refractivity contribution in [2.75, 3.05) is 33.0 Å². The van der Waals surface area contributed by atoms with Gasteiger partial charge in [0.15, 0.2) is 11.6 Å². The van der Waals surface area contributed by atoms with Crippen molar-refractivity contribution in [2.45, 2.75) is 178 Å². The van der Waals surface area contributed by atoms with Crippen molar-refractivity contribution in [3.05, 3.63) is 178 Å². The Kier molecular flexibility index (Phi) is 18.8. The SMILES string of the molecule is CCOC(=O)C1CCC(Oc2ccc3c(c2)CCC(c2ccccc2F)O3)CC1.Cc1c(F)cccc1C1CCc2cc(OC3CCC4(CC3)OCCO4)ccc2O1.Fc1ccccc1C1CCc2cc(OC3CCC4(CC3)OCCO4)ccc2O1. The lowest BCUT2D eigenvalue weighted by atomic mass is 9.87. The number of hydrogen-bond donors (Lipinski definition) is 0. The summed E-state index contributed by atoms with van der Waals surface area (Å²) in [5.74, 6) is 3.68. The third kappa shape index (κ3) is 14.1. The van der Waals surface area contributed by atoms with Gasteiger partial charge < -0.3 is 52.1 Å². The first-order chi connectivity index (χ1) is 42.0. The fourth-order valence-electron chi connectivity index (χ4n) is 13.5. The fraction of sp³-hybridized carbons (Fsp3) is 0.479. The van der Waals surface area contributed by atoms with Crippen molar-refractivity contribution in [3.63, 3.8) is 0 Å². The molecule has 2 saturated heterocycles. The van der Waals surface area contributed by atoms with E-state index in [0.29, 0.717) is 49.7 Å². The molecule has 6 aromatic carbocycles. The number of carbonyl (C=O) groups is 1. The predicted molar refractivity (Wildman–Crippen MR) is 316 cm³/mol. The highest BCUT2D eigenvalue weighted by molar-refractivity contribution is 5.72. The molecule has 15 heteroatoms. The zero-order valence-electron chi connectivity index (χ0n) is 49.4. The van der Waals surface area contributed by atoms with E-state index in [1.165, 1.54) is 18.2 Å². The van der Waals surface area contributed by atoms with Crippen LogP contribution < -0.4 is 28.4 Å². The summed E-state index contributed by atoms with van der Waals surface area (Å²) < 4.78 is 107. The van der Waals surface area contributed by atoms with Crippen molar-refractivity contribution >= 4 is 5.97 Å². The van der Waals surface area contributed by atoms with Gasteiger partial charge >= 0.3 is 5.97 Å². The molecule has 6 aromatic rings. The largest absolute Gasteiger partial charge is 0.490 e. The van der Waals surface area contributed by atoms with Gasteiger partial charge in [0.1, 0.15) is 70.3 Å². The van der Waals surface area contributed by atoms with Gasteiger partial charge in [-0.2, -0.15) is 0 Å². The monoisotopic (exact) mass is 1180 g/mol. The topological polar surface area (TPSA) is 119 Å². The van der Waals surface area contributed by atoms with Gasteiger partial charge in [-0.25, -0.2) is 13.2 Å². The zero-order chi connectivity index (χ0) is 59.0. The van der Waals surface area contributed by atoms with Gasteiger partial charge in [0.2, 0.25) is 0 Å². The van der Waals surface area contributed by atoms with Gasteiger partial charge in [0, 0.05) is 36.8 Å². The quantitative estimate of drug-likeness (QED) is 0.115. The Balaban J connectivity index is 0.000000126. The second-order valence-electron chi connectivity index (χ2n) is 23.9. The number of esters is 1. The molecule has 5 aliphatic heterocycles. The van der Waals surface area contributed by atoms with Crippen molar-refractivity contribution in [2.24, 2.45) is 5.92 Å². The number of rotatable bonds is 11. The molecule has 12 nitrogen and oxygen atoms in total. The van der Waals surface area contributed by atoms with Gasteiger partial charge in [-0.1, -0.05) is 48.5 Å². The summed E-state index contributed by atoms with van der Waals surface area (Å²) in [5, 5.41) is 0. The van der Waals surface area contributed by atoms with Crippen LogP contribution in [0.2, 0.25) is 0 Å². The van der Waals surface area contributed by atoms with Gasteiger partial charge in [0.05, 0.1) is 57.3 Å². The molecule has 3 unspecified atom stereocenters. The first kappa shape index (κ1) is 59.5. The van der Waals surface area contributed by atoms with E-state index in [9.17, 15) is 18.0 Å². The van der Waals surface area contributed by atoms with E-state index in [-0.39, 0.29) is 77.5 Å². The van der Waals surface area contributed by atoms with Gasteiger partial charge in [0.25, 0.3) is 0 Å². The lowest BCUT2D eigenvalue weighted by Gasteiger charge is -2.35. The summed E-state index contributed by atoms with van der Waals surface area (Å²) in [6, 6.07) is 36.7. The molecule has 5 heterocycles. The molecule has 14 rings (SSSR count). The number of halogens is 3. The van der Waals surface area contributed by atoms with Crippen molar-refractivity contribution in [1.82, 2.24) is 0 Å². The van der Waals surface area contributed by atoms with Crippen LogP contribution in [0, 0.1) is 30.3 Å². The normalized spacial score (nSPS) is 24.3. The molecule has 3 atom stereocenters. The number of aryl methyl sites for hydroxylation is 3. The number of carbonyl (C=O) groups excluding carboxylic acids is 1. The average Bonchev–Trinajstić information content (AvgIpc) is 4.34. The van der Waals surface area contributed by atoms with Gasteiger partial charge in [-0.15, -0.1) is 0 Å². The number of ether oxygens (including phenoxy) is 11. The fourth-order valence-corrected chi connectivity index (χ4v) is 13.5. The van der Waals surface area contributed by atoms with E-state index in [1.807, 2.05) is 74.5 Å². The van der Waals surface area contributed by atoms with Crippen LogP contribution >= 0.6 is 0 Å². The van der Waals surface area contributed by atoms with Crippen LogP contribution in [0.5, 0.6) is 34.5 Å². The van der Waals surface area contributed by atoms with E-state index < -0.39 is 0 Å². The summed E-state index contributed by atoms with van der Waals surface area (Å²) in [6.07, 6.45) is 15.4. The Morgan fingerprint density at radius 2 is 0.826 bits per heavy atom. The Labute approximate surface area is 502 Å². The Morgan fingerprint density at radius 3 is 1.23 bits per heavy atom. The first-order valence-electron chi connectivity index (χ1n) is 31.3. The van der Waals surface area contributed by atoms with Crippen molar-refractivity contribution in [1.29, 1.82) is 0 Å². The second kappa shape index (κ2) is 27.1. The highest BCUT2D eigenvalue weighted by atomic mass is 19.1. The van der Waals surface area contributed by atoms with Crippen molar-refractivity contribution < 1.29 is 70.1 Å². The van der Waals surface area contributed by atoms with E-state index in [0.717, 1.165) is 172 Å². The molecule has 5 fully saturated rings. The van der Waals surface area contributed by atoms with Gasteiger partial charge in [-0.3, -0.25) is 4.79 Å². The number of hydrogen-bond acceptors (Lipinski definition) is 12. The lowest BCUT2D eigenvalue weighted by Crippen LogP contribution is -2.38. The van der Waals surface area contributed by atoms with Gasteiger partial charge in [-0.05, 0) is 204 Å². The van der Waals surface area contributed by atoms with E-state index in [1.54, 1.807) is 30.3 Å². The Hall–Kier alpha value is -6.78. The minimum absolute atomic E-state index is 0.00190. The Bertz CT molecular complexity index is 3260. The maximum Gasteiger partial charge on any atom is 0.308 e. The van der Waals surface area contributed by atoms with Crippen LogP contribution in [0.3, 0.4) is 0 Å². The molecule has 8 aliphatic rings. The number of fused-ring (bicyclic) bond motifs is 3. The highest BCUT2D eigenvalue weighted by Crippen LogP contribution is 2.44. The molecular formula is C71H79F3O12. The summed E-state index contributed by atoms with van der Waals surface area (Å²) in [5.41, 5.74) is 6.21. The van der Waals surface area contributed by atoms with E-state index in [4.69, 9.17) is 52.1 Å². The molecule has 0 aromatic heterocycles. The average molecular weight is 1180 g/mol. The molecule has 0 N–H and O–H groups in total. The molecule has 0 radical (unpaired) electrons. The molecule has 456 valence electrons. The summed E-state index contributed by atoms with van der Waals surface area (Å²) in [4.78, 5) is 11.9. The highest BCUT2D eigenvalue weighted by Gasteiger charge is 2.42. The predicted octanol–water partition coefficient (Wildman–Crippen LogP) is 15.6. The van der Waals surface area contributed by atoms with Crippen LogP contribution in [-0.4, -0.2) is 68.9 Å². The van der Waals surface area contributed by atoms with E-state index in [2.05, 4.69) is 12.1 Å². The van der Waals surface area contributed by atoms with Crippen LogP contribution in [0.25, 0.3) is 0 Å². The third-order valence-electron chi connectivity index (χ3n) is 18.3. The summed E-state index contributed by atoms with van der Waals surface area (Å²) in [7, 11) is 0. The standard InChI is InChI=1S/2C24H27FO4.C23H25FO4/c1-16-20(3-2-4-21(16)25)23-7-5-17-15-19(6-8-22(17)29-23)28-18-9-11-24(12-10-18)26-13-14-27-24;1-2-27-24(26)16-7-10-18(11-8-16)28-19-12-14-22-17(15-19)9-13-23(29-22)20-5-3-4-6-21(20)25;24-20-4-2-1-3-19(20)22-7-5-16-15-18(6-8-21(16)28-22)27-17-9-11-23(12-10-17)25-13-14-26-23/h2-4,6,8,15,18,23H,5,7,9-14H2,1H3;3-6,12,14-16,18,23H,2,7-11,13H2,1H3;1-4,6,8,15,17,22H,5,7,9-14H2. The molecule has 0 bridgehead atoms. The molecular weight excluding hydrogens is 1100 g/mol. The molecule has 0 amide bonds. The first-order valence-corrected chi connectivity index (χ1v) is 31.3.